The van der Waals surface area contributed by atoms with Gasteiger partial charge >= 0.3 is 30.8 Å². The van der Waals surface area contributed by atoms with Crippen molar-refractivity contribution < 1.29 is 53.4 Å². The molecule has 2 aliphatic heterocycles. The largest absolute Gasteiger partial charge is 1.00 e. The Morgan fingerprint density at radius 3 is 1.30 bits per heavy atom. The normalized spacial score (nSPS) is 15.3. The van der Waals surface area contributed by atoms with Gasteiger partial charge in [-0.1, -0.05) is 94.9 Å². The number of carbonyl (C=O) groups is 4. The number of aliphatic carboxylic acids is 1. The fourth-order valence-electron chi connectivity index (χ4n) is 10.5. The Labute approximate surface area is 497 Å². The second kappa shape index (κ2) is 29.1. The molecular weight excluding hydrogens is 1090 g/mol. The first kappa shape index (κ1) is 63.3. The fraction of sp³-hybridized carbons (Fsp3) is 0.356. The van der Waals surface area contributed by atoms with Crippen molar-refractivity contribution in [3.63, 3.8) is 0 Å². The third-order valence-electron chi connectivity index (χ3n) is 14.8. The van der Waals surface area contributed by atoms with E-state index in [2.05, 4.69) is 46.2 Å². The second-order valence-corrected chi connectivity index (χ2v) is 21.4. The predicted octanol–water partition coefficient (Wildman–Crippen LogP) is 9.92. The number of methoxy groups -OCH3 is 1. The molecule has 402 valence electrons. The van der Waals surface area contributed by atoms with Crippen LogP contribution in [0.4, 0.5) is 11.4 Å². The summed E-state index contributed by atoms with van der Waals surface area (Å²) in [6, 6.07) is 34.8. The molecule has 6 aromatic rings. The summed E-state index contributed by atoms with van der Waals surface area (Å²) in [6.07, 6.45) is 9.97. The number of nitrogens with zero attached hydrogens (tertiary/aromatic N) is 4. The molecule has 77 heavy (non-hydrogen) atoms. The van der Waals surface area contributed by atoms with E-state index in [1.165, 1.54) is 66.7 Å². The van der Waals surface area contributed by atoms with Crippen molar-refractivity contribution in [3.05, 3.63) is 185 Å². The number of carboxylic acids is 1. The van der Waals surface area contributed by atoms with Crippen LogP contribution in [0.15, 0.2) is 109 Å². The number of aryl methyl sites for hydroxylation is 4. The third kappa shape index (κ3) is 15.4. The molecule has 4 aromatic carbocycles. The number of benzene rings is 4. The fourth-order valence-corrected chi connectivity index (χ4v) is 11.7. The molecule has 0 unspecified atom stereocenters. The van der Waals surface area contributed by atoms with E-state index in [-0.39, 0.29) is 113 Å². The van der Waals surface area contributed by atoms with E-state index in [4.69, 9.17) is 61.1 Å². The van der Waals surface area contributed by atoms with E-state index in [9.17, 15) is 24.3 Å². The summed E-state index contributed by atoms with van der Waals surface area (Å²) in [5.41, 5.74) is 12.3. The average molecular weight is 1150 g/mol. The van der Waals surface area contributed by atoms with Gasteiger partial charge in [0, 0.05) is 85.0 Å². The maximum Gasteiger partial charge on any atom is 1.00 e. The number of anilines is 2. The van der Waals surface area contributed by atoms with E-state index in [1.54, 1.807) is 36.4 Å². The Balaban J connectivity index is 0.000000270. The van der Waals surface area contributed by atoms with Gasteiger partial charge in [0.1, 0.15) is 0 Å². The van der Waals surface area contributed by atoms with Crippen molar-refractivity contribution in [1.82, 2.24) is 9.97 Å². The number of ether oxygens (including phenoxy) is 1. The van der Waals surface area contributed by atoms with Gasteiger partial charge in [0.2, 0.25) is 0 Å². The second-order valence-electron chi connectivity index (χ2n) is 19.7. The van der Waals surface area contributed by atoms with Gasteiger partial charge in [0.05, 0.1) is 50.2 Å². The maximum absolute atomic E-state index is 12.9. The van der Waals surface area contributed by atoms with Crippen LogP contribution in [-0.4, -0.2) is 77.3 Å². The molecule has 0 bridgehead atoms. The third-order valence-corrected chi connectivity index (χ3v) is 16.1. The van der Waals surface area contributed by atoms with Gasteiger partial charge in [-0.3, -0.25) is 29.1 Å². The zero-order valence-electron chi connectivity index (χ0n) is 43.3. The quantitative estimate of drug-likeness (QED) is 0.0558. The number of rotatable bonds is 16. The van der Waals surface area contributed by atoms with Gasteiger partial charge in [0.15, 0.2) is 11.6 Å². The number of ketones is 2. The van der Waals surface area contributed by atoms with Crippen molar-refractivity contribution in [1.29, 1.82) is 0 Å². The van der Waals surface area contributed by atoms with E-state index in [0.717, 1.165) is 74.4 Å². The van der Waals surface area contributed by atoms with Crippen LogP contribution in [0.2, 0.25) is 20.1 Å². The van der Waals surface area contributed by atoms with Crippen LogP contribution in [0.25, 0.3) is 0 Å². The minimum atomic E-state index is -1.02. The SMILES string of the molecule is COC(=O)[C@@H](CC(=O)c1c(Cl)cccc1Cl)Cc1ccc(N2CC(c3ccc4c(n3)CCCC4)C2)cc1.O=C(C[C@@H](Cc1ccc(N2CC(c3ccc4c(n3)CCCC4)C2)cc1)C(=O)O)c1c(Cl)cccc1Cl.S.S.[Li+].[OH-]. The number of Topliss-reactive ketones (excluding diaryl/α,β-unsaturated/α-hetero) is 2. The number of halogens is 4. The number of hydrogen-bond donors (Lipinski definition) is 1. The number of esters is 1. The van der Waals surface area contributed by atoms with Crippen LogP contribution in [0, 0.1) is 11.8 Å². The van der Waals surface area contributed by atoms with Crippen molar-refractivity contribution >= 4 is 108 Å². The monoisotopic (exact) mass is 1150 g/mol. The van der Waals surface area contributed by atoms with Crippen LogP contribution in [0.5, 0.6) is 0 Å². The van der Waals surface area contributed by atoms with Crippen molar-refractivity contribution in [2.45, 2.75) is 88.9 Å². The Kier molecular flexibility index (Phi) is 23.9. The van der Waals surface area contributed by atoms with Crippen LogP contribution < -0.4 is 28.7 Å². The van der Waals surface area contributed by atoms with Gasteiger partial charge < -0.3 is 25.1 Å². The summed E-state index contributed by atoms with van der Waals surface area (Å²) in [7, 11) is 1.34. The molecule has 2 saturated heterocycles. The molecule has 18 heteroatoms. The molecule has 0 amide bonds. The average Bonchev–Trinajstić information content (AvgIpc) is 3.36. The smallest absolute Gasteiger partial charge is 0.870 e. The number of pyridine rings is 2. The van der Waals surface area contributed by atoms with Gasteiger partial charge in [-0.15, -0.1) is 0 Å². The molecule has 2 N–H and O–H groups in total. The van der Waals surface area contributed by atoms with Crippen molar-refractivity contribution in [2.75, 3.05) is 43.1 Å². The molecule has 10 rings (SSSR count). The summed E-state index contributed by atoms with van der Waals surface area (Å²) in [4.78, 5) is 64.7. The zero-order valence-corrected chi connectivity index (χ0v) is 48.3. The molecule has 2 fully saturated rings. The first-order valence-electron chi connectivity index (χ1n) is 25.2. The Bertz CT molecular complexity index is 2980. The van der Waals surface area contributed by atoms with Crippen LogP contribution in [0.1, 0.15) is 116 Å². The van der Waals surface area contributed by atoms with Crippen molar-refractivity contribution in [2.24, 2.45) is 11.8 Å². The Morgan fingerprint density at radius 2 is 0.922 bits per heavy atom. The van der Waals surface area contributed by atoms with E-state index >= 15 is 0 Å². The van der Waals surface area contributed by atoms with Gasteiger partial charge in [0.25, 0.3) is 0 Å². The Morgan fingerprint density at radius 1 is 0.558 bits per heavy atom. The summed E-state index contributed by atoms with van der Waals surface area (Å²) in [5.74, 6) is -2.67. The van der Waals surface area contributed by atoms with Crippen LogP contribution >= 0.6 is 73.4 Å². The van der Waals surface area contributed by atoms with Crippen LogP contribution in [0.3, 0.4) is 0 Å². The van der Waals surface area contributed by atoms with Gasteiger partial charge in [-0.25, -0.2) is 0 Å². The number of aromatic nitrogens is 2. The predicted molar refractivity (Wildman–Crippen MR) is 312 cm³/mol. The standard InChI is InChI=1S/C30H30Cl2N2O3.C29H28Cl2N2O3.Li.H2O.2H2S/c1-37-30(36)21(16-28(35)29-24(31)6-4-7-25(29)32)15-19-9-12-23(13-10-19)34-17-22(18-34)27-14-11-20-5-2-3-8-26(20)33-27;30-23-5-3-6-24(31)28(23)27(34)15-20(29(35)36)14-18-8-11-22(12-9-18)33-16-21(17-33)26-13-10-19-4-1-2-7-25(19)32-26;;;;/h4,6-7,9-14,21-22H,2-3,5,8,15-18H2,1H3;3,5-6,8-13,20-21H,1-2,4,7,14-17H2,(H,35,36);;3*1H2/q;;+1;;;/p-1/t21-;20-;;;;/m11..../s1. The summed E-state index contributed by atoms with van der Waals surface area (Å²) in [5, 5.41) is 10.8. The molecule has 0 saturated carbocycles. The first-order chi connectivity index (χ1) is 35.3. The number of carbonyl (C=O) groups excluding carboxylic acids is 3. The van der Waals surface area contributed by atoms with Gasteiger partial charge in [-0.05, 0) is 147 Å². The minimum absolute atomic E-state index is 0. The zero-order chi connectivity index (χ0) is 51.2. The molecule has 4 heterocycles. The minimum Gasteiger partial charge on any atom is -0.870 e. The van der Waals surface area contributed by atoms with Crippen LogP contribution in [-0.2, 0) is 52.9 Å². The van der Waals surface area contributed by atoms with Crippen molar-refractivity contribution in [3.8, 4) is 0 Å². The Hall–Kier alpha value is -4.52. The molecule has 2 aliphatic carbocycles. The van der Waals surface area contributed by atoms with E-state index in [0.29, 0.717) is 18.3 Å². The molecule has 2 aromatic heterocycles. The van der Waals surface area contributed by atoms with E-state index < -0.39 is 23.8 Å². The summed E-state index contributed by atoms with van der Waals surface area (Å²) in [6.45, 7) is 3.75. The molecule has 0 radical (unpaired) electrons. The number of carboxylic acid groups (broad SMARTS) is 1. The summed E-state index contributed by atoms with van der Waals surface area (Å²) < 4.78 is 4.99. The number of fused-ring (bicyclic) bond motifs is 2. The molecule has 11 nitrogen and oxygen atoms in total. The topological polar surface area (TPSA) is 160 Å². The maximum atomic E-state index is 12.9. The molecular formula is C59H63Cl4LiN4O7S2. The van der Waals surface area contributed by atoms with Gasteiger partial charge in [-0.2, -0.15) is 27.0 Å². The molecule has 2 atom stereocenters. The van der Waals surface area contributed by atoms with E-state index in [1.807, 2.05) is 36.4 Å². The summed E-state index contributed by atoms with van der Waals surface area (Å²) >= 11 is 24.7. The molecule has 0 spiro atoms. The molecule has 4 aliphatic rings. The number of hydrogen-bond acceptors (Lipinski definition) is 10. The first-order valence-corrected chi connectivity index (χ1v) is 26.7.